The summed E-state index contributed by atoms with van der Waals surface area (Å²) in [7, 11) is 0. The van der Waals surface area contributed by atoms with E-state index in [1.807, 2.05) is 18.7 Å². The first-order valence-electron chi connectivity index (χ1n) is 5.40. The minimum absolute atomic E-state index is 0.430. The van der Waals surface area contributed by atoms with Crippen LogP contribution in [0.3, 0.4) is 0 Å². The fraction of sp³-hybridized carbons (Fsp3) is 0.833. The van der Waals surface area contributed by atoms with Gasteiger partial charge in [0, 0.05) is 24.3 Å². The Hall–Kier alpha value is -0.130. The molecule has 0 saturated carbocycles. The molecule has 0 unspecified atom stereocenters. The summed E-state index contributed by atoms with van der Waals surface area (Å²) in [5.41, 5.74) is 0. The van der Waals surface area contributed by atoms with Crippen LogP contribution < -0.4 is 5.32 Å². The Kier molecular flexibility index (Phi) is 8.12. The predicted octanol–water partition coefficient (Wildman–Crippen LogP) is 2.91. The Morgan fingerprint density at radius 3 is 2.36 bits per heavy atom. The number of thioether (sulfide) groups is 1. The fourth-order valence-corrected chi connectivity index (χ4v) is 2.28. The summed E-state index contributed by atoms with van der Waals surface area (Å²) >= 11 is 1.98. The molecule has 0 amide bonds. The van der Waals surface area contributed by atoms with Crippen LogP contribution in [-0.4, -0.2) is 24.1 Å². The molecule has 0 atom stereocenters. The molecule has 14 heavy (non-hydrogen) atoms. The lowest BCUT2D eigenvalue weighted by atomic mass is 10.0. The van der Waals surface area contributed by atoms with Gasteiger partial charge in [0.1, 0.15) is 0 Å². The zero-order chi connectivity index (χ0) is 10.9. The summed E-state index contributed by atoms with van der Waals surface area (Å²) in [6.07, 6.45) is 5.64. The fourth-order valence-electron chi connectivity index (χ4n) is 1.45. The third-order valence-corrected chi connectivity index (χ3v) is 4.36. The van der Waals surface area contributed by atoms with E-state index in [0.717, 1.165) is 19.5 Å². The molecule has 82 valence electrons. The van der Waals surface area contributed by atoms with Crippen LogP contribution in [0.15, 0.2) is 0 Å². The van der Waals surface area contributed by atoms with Crippen molar-refractivity contribution in [2.45, 2.75) is 44.8 Å². The zero-order valence-corrected chi connectivity index (χ0v) is 10.8. The van der Waals surface area contributed by atoms with Gasteiger partial charge in [-0.25, -0.2) is 0 Å². The molecule has 0 spiro atoms. The van der Waals surface area contributed by atoms with Crippen LogP contribution >= 0.6 is 11.8 Å². The highest BCUT2D eigenvalue weighted by Gasteiger charge is 2.23. The lowest BCUT2D eigenvalue weighted by Gasteiger charge is -2.29. The molecular weight excluding hydrogens is 190 g/mol. The van der Waals surface area contributed by atoms with Crippen molar-refractivity contribution in [1.29, 1.82) is 0 Å². The monoisotopic (exact) mass is 213 g/mol. The largest absolute Gasteiger partial charge is 0.314 e. The highest BCUT2D eigenvalue weighted by Crippen LogP contribution is 2.29. The van der Waals surface area contributed by atoms with E-state index >= 15 is 0 Å². The highest BCUT2D eigenvalue weighted by atomic mass is 32.2. The maximum Gasteiger partial charge on any atom is 0.0276 e. The third-order valence-electron chi connectivity index (χ3n) is 2.77. The SMILES string of the molecule is CC#CCCNCC(CC)(CC)SC. The second-order valence-electron chi connectivity index (χ2n) is 3.45. The van der Waals surface area contributed by atoms with Crippen LogP contribution in [0.4, 0.5) is 0 Å². The standard InChI is InChI=1S/C12H23NS/c1-5-8-9-10-13-11-12(6-2,7-3)14-4/h13H,6-7,9-11H2,1-4H3. The molecule has 0 aromatic carbocycles. The highest BCUT2D eigenvalue weighted by molar-refractivity contribution is 8.00. The van der Waals surface area contributed by atoms with Crippen LogP contribution in [0.5, 0.6) is 0 Å². The summed E-state index contributed by atoms with van der Waals surface area (Å²) in [5.74, 6) is 5.98. The van der Waals surface area contributed by atoms with Gasteiger partial charge in [-0.2, -0.15) is 11.8 Å². The van der Waals surface area contributed by atoms with Gasteiger partial charge in [0.05, 0.1) is 0 Å². The first-order valence-corrected chi connectivity index (χ1v) is 6.62. The molecular formula is C12H23NS. The molecule has 0 saturated heterocycles. The lowest BCUT2D eigenvalue weighted by Crippen LogP contribution is -2.36. The Morgan fingerprint density at radius 2 is 1.93 bits per heavy atom. The van der Waals surface area contributed by atoms with Gasteiger partial charge < -0.3 is 5.32 Å². The van der Waals surface area contributed by atoms with Crippen molar-refractivity contribution in [3.63, 3.8) is 0 Å². The molecule has 0 aliphatic carbocycles. The predicted molar refractivity (Wildman–Crippen MR) is 67.8 cm³/mol. The molecule has 0 aliphatic rings. The van der Waals surface area contributed by atoms with Gasteiger partial charge in [0.2, 0.25) is 0 Å². The maximum atomic E-state index is 3.49. The van der Waals surface area contributed by atoms with Crippen LogP contribution in [0, 0.1) is 11.8 Å². The molecule has 0 fully saturated rings. The zero-order valence-electron chi connectivity index (χ0n) is 9.94. The summed E-state index contributed by atoms with van der Waals surface area (Å²) < 4.78 is 0.430. The molecule has 1 N–H and O–H groups in total. The third kappa shape index (κ3) is 4.93. The first-order chi connectivity index (χ1) is 6.74. The van der Waals surface area contributed by atoms with Gasteiger partial charge in [-0.1, -0.05) is 13.8 Å². The van der Waals surface area contributed by atoms with Crippen molar-refractivity contribution in [2.24, 2.45) is 0 Å². The molecule has 0 radical (unpaired) electrons. The average molecular weight is 213 g/mol. The second kappa shape index (κ2) is 8.20. The molecule has 2 heteroatoms. The van der Waals surface area contributed by atoms with E-state index in [4.69, 9.17) is 0 Å². The van der Waals surface area contributed by atoms with E-state index in [1.54, 1.807) is 0 Å². The normalized spacial score (nSPS) is 10.9. The summed E-state index contributed by atoms with van der Waals surface area (Å²) in [4.78, 5) is 0. The number of rotatable bonds is 7. The van der Waals surface area contributed by atoms with E-state index in [2.05, 4.69) is 37.3 Å². The summed E-state index contributed by atoms with van der Waals surface area (Å²) in [6.45, 7) is 8.56. The maximum absolute atomic E-state index is 3.49. The quantitative estimate of drug-likeness (QED) is 0.515. The molecule has 0 rings (SSSR count). The Morgan fingerprint density at radius 1 is 1.29 bits per heavy atom. The van der Waals surface area contributed by atoms with Crippen molar-refractivity contribution in [1.82, 2.24) is 5.32 Å². The Balaban J connectivity index is 3.75. The topological polar surface area (TPSA) is 12.0 Å². The van der Waals surface area contributed by atoms with Crippen molar-refractivity contribution >= 4 is 11.8 Å². The van der Waals surface area contributed by atoms with Crippen LogP contribution in [0.25, 0.3) is 0 Å². The second-order valence-corrected chi connectivity index (χ2v) is 4.72. The minimum atomic E-state index is 0.430. The van der Waals surface area contributed by atoms with Gasteiger partial charge in [-0.15, -0.1) is 11.8 Å². The Bertz CT molecular complexity index is 178. The molecule has 0 heterocycles. The molecule has 0 aromatic heterocycles. The van der Waals surface area contributed by atoms with Gasteiger partial charge in [0.15, 0.2) is 0 Å². The molecule has 0 bridgehead atoms. The molecule has 0 aliphatic heterocycles. The van der Waals surface area contributed by atoms with Crippen molar-refractivity contribution in [2.75, 3.05) is 19.3 Å². The molecule has 1 nitrogen and oxygen atoms in total. The molecule has 0 aromatic rings. The van der Waals surface area contributed by atoms with Crippen LogP contribution in [0.1, 0.15) is 40.0 Å². The summed E-state index contributed by atoms with van der Waals surface area (Å²) in [6, 6.07) is 0. The number of hydrogen-bond acceptors (Lipinski definition) is 2. The van der Waals surface area contributed by atoms with Gasteiger partial charge in [-0.3, -0.25) is 0 Å². The van der Waals surface area contributed by atoms with E-state index in [1.165, 1.54) is 12.8 Å². The minimum Gasteiger partial charge on any atom is -0.314 e. The van der Waals surface area contributed by atoms with Crippen molar-refractivity contribution in [3.05, 3.63) is 0 Å². The Labute approximate surface area is 93.4 Å². The van der Waals surface area contributed by atoms with Crippen molar-refractivity contribution < 1.29 is 0 Å². The lowest BCUT2D eigenvalue weighted by molar-refractivity contribution is 0.499. The average Bonchev–Trinajstić information content (AvgIpc) is 2.24. The van der Waals surface area contributed by atoms with E-state index in [-0.39, 0.29) is 0 Å². The van der Waals surface area contributed by atoms with Gasteiger partial charge in [-0.05, 0) is 26.0 Å². The first kappa shape index (κ1) is 13.9. The van der Waals surface area contributed by atoms with Crippen LogP contribution in [0.2, 0.25) is 0 Å². The van der Waals surface area contributed by atoms with E-state index < -0.39 is 0 Å². The van der Waals surface area contributed by atoms with E-state index in [9.17, 15) is 0 Å². The van der Waals surface area contributed by atoms with E-state index in [0.29, 0.717) is 4.75 Å². The van der Waals surface area contributed by atoms with Crippen LogP contribution in [-0.2, 0) is 0 Å². The summed E-state index contributed by atoms with van der Waals surface area (Å²) in [5, 5.41) is 3.49. The number of hydrogen-bond donors (Lipinski definition) is 1. The van der Waals surface area contributed by atoms with Gasteiger partial charge >= 0.3 is 0 Å². The smallest absolute Gasteiger partial charge is 0.0276 e. The van der Waals surface area contributed by atoms with Gasteiger partial charge in [0.25, 0.3) is 0 Å². The van der Waals surface area contributed by atoms with Crippen molar-refractivity contribution in [3.8, 4) is 11.8 Å². The number of nitrogens with one attached hydrogen (secondary N) is 1.